The van der Waals surface area contributed by atoms with E-state index in [4.69, 9.17) is 15.0 Å². The summed E-state index contributed by atoms with van der Waals surface area (Å²) in [5.41, 5.74) is 8.54. The Kier molecular flexibility index (Phi) is 6.07. The first-order valence-electron chi connectivity index (χ1n) is 11.8. The van der Waals surface area contributed by atoms with Gasteiger partial charge in [-0.3, -0.25) is 4.98 Å². The summed E-state index contributed by atoms with van der Waals surface area (Å²) in [6.45, 7) is 0. The van der Waals surface area contributed by atoms with Gasteiger partial charge < -0.3 is 14.5 Å². The van der Waals surface area contributed by atoms with Crippen LogP contribution < -0.4 is 4.98 Å². The van der Waals surface area contributed by atoms with Crippen molar-refractivity contribution in [2.75, 3.05) is 0 Å². The fourth-order valence-corrected chi connectivity index (χ4v) is 4.65. The molecule has 0 fully saturated rings. The zero-order valence-electron chi connectivity index (χ0n) is 19.6. The molecule has 5 aromatic carbocycles. The second kappa shape index (κ2) is 9.68. The van der Waals surface area contributed by atoms with Gasteiger partial charge >= 0.3 is 22.4 Å². The molecule has 0 spiro atoms. The van der Waals surface area contributed by atoms with Crippen molar-refractivity contribution in [3.8, 4) is 39.6 Å². The van der Waals surface area contributed by atoms with Crippen molar-refractivity contribution in [2.45, 2.75) is 0 Å². The fourth-order valence-electron chi connectivity index (χ4n) is 4.65. The summed E-state index contributed by atoms with van der Waals surface area (Å²) in [6, 6.07) is 45.5. The molecule has 5 heteroatoms. The Hall–Kier alpha value is -4.22. The molecule has 0 N–H and O–H groups in total. The first-order chi connectivity index (χ1) is 17.8. The average molecular weight is 656 g/mol. The smallest absolute Gasteiger partial charge is 0.473 e. The van der Waals surface area contributed by atoms with E-state index in [-0.39, 0.29) is 22.4 Å². The van der Waals surface area contributed by atoms with Gasteiger partial charge in [-0.2, -0.15) is 0 Å². The van der Waals surface area contributed by atoms with Crippen molar-refractivity contribution in [3.05, 3.63) is 127 Å². The van der Waals surface area contributed by atoms with E-state index in [1.807, 2.05) is 78.9 Å². The summed E-state index contributed by atoms with van der Waals surface area (Å²) < 4.78 is 2.20. The third-order valence-electron chi connectivity index (χ3n) is 6.31. The summed E-state index contributed by atoms with van der Waals surface area (Å²) in [4.78, 5) is 14.6. The van der Waals surface area contributed by atoms with E-state index in [0.29, 0.717) is 5.82 Å². The van der Waals surface area contributed by atoms with Crippen molar-refractivity contribution in [1.82, 2.24) is 19.5 Å². The zero-order valence-corrected chi connectivity index (χ0v) is 21.7. The molecule has 0 radical (unpaired) electrons. The Morgan fingerprint density at radius 3 is 2.24 bits per heavy atom. The maximum Gasteiger partial charge on any atom is 3.00 e. The number of benzene rings is 5. The van der Waals surface area contributed by atoms with Crippen molar-refractivity contribution < 1.29 is 22.4 Å². The van der Waals surface area contributed by atoms with Gasteiger partial charge in [-0.25, -0.2) is 0 Å². The molecule has 7 rings (SSSR count). The molecule has 7 aromatic rings. The molecule has 0 atom stereocenters. The molecule has 37 heavy (non-hydrogen) atoms. The number of para-hydroxylation sites is 4. The summed E-state index contributed by atoms with van der Waals surface area (Å²) in [5, 5.41) is 0. The molecule has 0 aliphatic rings. The standard InChI is InChI=1S/C32H19N4.Au/c1-3-11-22(12-4-1)32-35-30-26(17-10-20-29(30)36(32)25-15-5-2-6-16-25)23-13-9-14-24(21-23)31-33-27-18-7-8-19-28(27)34-31;/h1-11,13-20H;/q-3;+3. The Labute approximate surface area is 230 Å². The number of imidazole rings is 2. The number of hydrogen-bond donors (Lipinski definition) is 0. The van der Waals surface area contributed by atoms with Crippen LogP contribution in [0.3, 0.4) is 0 Å². The minimum Gasteiger partial charge on any atom is -0.473 e. The summed E-state index contributed by atoms with van der Waals surface area (Å²) in [5.74, 6) is 1.53. The normalized spacial score (nSPS) is 11.0. The first kappa shape index (κ1) is 23.2. The predicted molar refractivity (Wildman–Crippen MR) is 144 cm³/mol. The number of rotatable bonds is 4. The van der Waals surface area contributed by atoms with E-state index in [1.165, 1.54) is 0 Å². The van der Waals surface area contributed by atoms with Crippen molar-refractivity contribution in [2.24, 2.45) is 0 Å². The Bertz CT molecular complexity index is 1800. The van der Waals surface area contributed by atoms with Crippen molar-refractivity contribution >= 4 is 22.1 Å². The molecule has 0 bridgehead atoms. The average Bonchev–Trinajstić information content (AvgIpc) is 3.56. The molecule has 0 amide bonds. The number of hydrogen-bond acceptors (Lipinski definition) is 2. The van der Waals surface area contributed by atoms with E-state index in [9.17, 15) is 0 Å². The third-order valence-corrected chi connectivity index (χ3v) is 6.31. The quantitative estimate of drug-likeness (QED) is 0.150. The molecule has 2 heterocycles. The van der Waals surface area contributed by atoms with Gasteiger partial charge in [-0.05, 0) is 29.2 Å². The Morgan fingerprint density at radius 2 is 1.41 bits per heavy atom. The largest absolute Gasteiger partial charge is 3.00 e. The minimum absolute atomic E-state index is 0. The van der Waals surface area contributed by atoms with Crippen LogP contribution in [0.25, 0.3) is 61.7 Å². The van der Waals surface area contributed by atoms with Crippen LogP contribution in [0, 0.1) is 12.1 Å². The van der Waals surface area contributed by atoms with E-state index >= 15 is 0 Å². The summed E-state index contributed by atoms with van der Waals surface area (Å²) >= 11 is 0. The molecule has 0 saturated heterocycles. The zero-order chi connectivity index (χ0) is 23.9. The molecule has 0 saturated carbocycles. The topological polar surface area (TPSA) is 44.8 Å². The molecule has 0 unspecified atom stereocenters. The van der Waals surface area contributed by atoms with Crippen LogP contribution in [0.2, 0.25) is 0 Å². The van der Waals surface area contributed by atoms with Crippen molar-refractivity contribution in [1.29, 1.82) is 0 Å². The van der Waals surface area contributed by atoms with Gasteiger partial charge in [0, 0.05) is 5.69 Å². The molecule has 0 aliphatic heterocycles. The molecule has 2 aromatic heterocycles. The van der Waals surface area contributed by atoms with Crippen LogP contribution in [-0.4, -0.2) is 14.5 Å². The van der Waals surface area contributed by atoms with Crippen LogP contribution in [-0.2, 0) is 22.4 Å². The third kappa shape index (κ3) is 4.11. The van der Waals surface area contributed by atoms with E-state index < -0.39 is 0 Å². The van der Waals surface area contributed by atoms with Crippen LogP contribution in [0.5, 0.6) is 0 Å². The van der Waals surface area contributed by atoms with Gasteiger partial charge in [0.2, 0.25) is 0 Å². The molecular weight excluding hydrogens is 637 g/mol. The number of aromatic nitrogens is 4. The molecular formula is C32H19AuN4. The Balaban J connectivity index is 0.00000252. The molecule has 4 nitrogen and oxygen atoms in total. The van der Waals surface area contributed by atoms with Gasteiger partial charge in [-0.1, -0.05) is 60.2 Å². The van der Waals surface area contributed by atoms with Gasteiger partial charge in [0.25, 0.3) is 0 Å². The van der Waals surface area contributed by atoms with Crippen LogP contribution in [0.1, 0.15) is 0 Å². The number of fused-ring (bicyclic) bond motifs is 2. The summed E-state index contributed by atoms with van der Waals surface area (Å²) in [7, 11) is 0. The van der Waals surface area contributed by atoms with Gasteiger partial charge in [-0.15, -0.1) is 77.1 Å². The van der Waals surface area contributed by atoms with Gasteiger partial charge in [0.1, 0.15) is 0 Å². The summed E-state index contributed by atoms with van der Waals surface area (Å²) in [6.07, 6.45) is 0. The molecule has 178 valence electrons. The van der Waals surface area contributed by atoms with Crippen molar-refractivity contribution in [3.63, 3.8) is 0 Å². The maximum atomic E-state index is 5.15. The van der Waals surface area contributed by atoms with Crippen LogP contribution in [0.4, 0.5) is 0 Å². The second-order valence-corrected chi connectivity index (χ2v) is 8.57. The predicted octanol–water partition coefficient (Wildman–Crippen LogP) is 7.13. The minimum atomic E-state index is 0. The first-order valence-corrected chi connectivity index (χ1v) is 11.8. The van der Waals surface area contributed by atoms with E-state index in [0.717, 1.165) is 55.8 Å². The van der Waals surface area contributed by atoms with Gasteiger partial charge in [0.15, 0.2) is 0 Å². The number of nitrogens with zero attached hydrogens (tertiary/aromatic N) is 4. The SMILES string of the molecule is [Au+3].[c-]1c(-c2nc3ccccc3[n-]2)cccc1-c1cccc2c1nc(-c1[c-]cccc1)n2-c1ccccc1. The van der Waals surface area contributed by atoms with Gasteiger partial charge in [0.05, 0.1) is 16.9 Å². The van der Waals surface area contributed by atoms with Crippen LogP contribution >= 0.6 is 0 Å². The monoisotopic (exact) mass is 656 g/mol. The fraction of sp³-hybridized carbons (Fsp3) is 0. The second-order valence-electron chi connectivity index (χ2n) is 8.57. The maximum absolute atomic E-state index is 5.15. The van der Waals surface area contributed by atoms with E-state index in [2.05, 4.69) is 53.1 Å². The Morgan fingerprint density at radius 1 is 0.649 bits per heavy atom. The van der Waals surface area contributed by atoms with E-state index in [1.54, 1.807) is 0 Å². The molecule has 0 aliphatic carbocycles. The van der Waals surface area contributed by atoms with Crippen LogP contribution in [0.15, 0.2) is 115 Å².